The van der Waals surface area contributed by atoms with Crippen LogP contribution in [0, 0.1) is 0 Å². The molecule has 3 nitrogen and oxygen atoms in total. The van der Waals surface area contributed by atoms with E-state index < -0.39 is 5.97 Å². The zero-order valence-corrected chi connectivity index (χ0v) is 9.12. The fourth-order valence-corrected chi connectivity index (χ4v) is 1.27. The number of carbonyl (C=O) groups excluding carboxylic acids is 2. The minimum absolute atomic E-state index is 0.00556. The maximum Gasteiger partial charge on any atom is 0.313 e. The average Bonchev–Trinajstić information content (AvgIpc) is 2.17. The Morgan fingerprint density at radius 2 is 2.07 bits per heavy atom. The molecule has 0 aromatic carbocycles. The second-order valence-corrected chi connectivity index (χ2v) is 3.39. The third-order valence-corrected chi connectivity index (χ3v) is 2.13. The highest BCUT2D eigenvalue weighted by Crippen LogP contribution is 2.10. The van der Waals surface area contributed by atoms with Crippen molar-refractivity contribution in [1.29, 1.82) is 0 Å². The van der Waals surface area contributed by atoms with Gasteiger partial charge in [0.05, 0.1) is 0 Å². The first kappa shape index (κ1) is 13.1. The molecule has 0 spiro atoms. The van der Waals surface area contributed by atoms with Gasteiger partial charge in [-0.05, 0) is 19.3 Å². The zero-order chi connectivity index (χ0) is 10.8. The molecule has 0 amide bonds. The summed E-state index contributed by atoms with van der Waals surface area (Å²) in [5.41, 5.74) is 0. The Morgan fingerprint density at radius 1 is 1.36 bits per heavy atom. The van der Waals surface area contributed by atoms with Crippen molar-refractivity contribution < 1.29 is 14.3 Å². The van der Waals surface area contributed by atoms with Crippen LogP contribution in [0.25, 0.3) is 0 Å². The molecule has 1 atom stereocenters. The normalized spacial score (nSPS) is 12.1. The Labute approximate surface area is 85.8 Å². The number of aldehydes is 1. The maximum absolute atomic E-state index is 11.0. The van der Waals surface area contributed by atoms with Crippen LogP contribution in [-0.4, -0.2) is 18.4 Å². The van der Waals surface area contributed by atoms with E-state index in [1.807, 2.05) is 6.92 Å². The van der Waals surface area contributed by atoms with Gasteiger partial charge >= 0.3 is 5.97 Å². The fraction of sp³-hybridized carbons (Fsp3) is 0.818. The Hall–Kier alpha value is -0.860. The van der Waals surface area contributed by atoms with Crippen molar-refractivity contribution in [3.05, 3.63) is 0 Å². The van der Waals surface area contributed by atoms with Gasteiger partial charge in [0.1, 0.15) is 18.8 Å². The summed E-state index contributed by atoms with van der Waals surface area (Å²) < 4.78 is 5.12. The predicted octanol–water partition coefficient (Wildman–Crippen LogP) is 2.48. The standard InChI is InChI=1S/C11H20O3/c1-3-5-6-7-10(4-2)14-11(13)8-9-12/h9-10H,3-8H2,1-2H3. The van der Waals surface area contributed by atoms with E-state index in [0.29, 0.717) is 6.29 Å². The molecule has 0 N–H and O–H groups in total. The largest absolute Gasteiger partial charge is 0.462 e. The molecule has 0 rings (SSSR count). The molecule has 82 valence electrons. The Bertz CT molecular complexity index is 166. The third kappa shape index (κ3) is 6.63. The Balaban J connectivity index is 3.66. The smallest absolute Gasteiger partial charge is 0.313 e. The van der Waals surface area contributed by atoms with E-state index in [-0.39, 0.29) is 12.5 Å². The Morgan fingerprint density at radius 3 is 2.57 bits per heavy atom. The van der Waals surface area contributed by atoms with Crippen molar-refractivity contribution in [3.63, 3.8) is 0 Å². The van der Waals surface area contributed by atoms with Crippen LogP contribution in [0.15, 0.2) is 0 Å². The summed E-state index contributed by atoms with van der Waals surface area (Å²) in [6.45, 7) is 4.13. The van der Waals surface area contributed by atoms with E-state index in [2.05, 4.69) is 6.92 Å². The summed E-state index contributed by atoms with van der Waals surface area (Å²) in [4.78, 5) is 21.0. The van der Waals surface area contributed by atoms with Crippen LogP contribution < -0.4 is 0 Å². The molecule has 0 heterocycles. The van der Waals surface area contributed by atoms with Crippen molar-refractivity contribution in [3.8, 4) is 0 Å². The van der Waals surface area contributed by atoms with Gasteiger partial charge in [-0.25, -0.2) is 0 Å². The number of unbranched alkanes of at least 4 members (excludes halogenated alkanes) is 2. The highest BCUT2D eigenvalue weighted by Gasteiger charge is 2.11. The van der Waals surface area contributed by atoms with Gasteiger partial charge in [-0.15, -0.1) is 0 Å². The molecule has 0 aliphatic heterocycles. The number of ether oxygens (including phenoxy) is 1. The molecule has 0 aliphatic rings. The van der Waals surface area contributed by atoms with Crippen molar-refractivity contribution in [2.45, 2.75) is 58.5 Å². The van der Waals surface area contributed by atoms with E-state index in [9.17, 15) is 9.59 Å². The van der Waals surface area contributed by atoms with Gasteiger partial charge < -0.3 is 9.53 Å². The number of carbonyl (C=O) groups is 2. The van der Waals surface area contributed by atoms with Crippen LogP contribution in [0.1, 0.15) is 52.4 Å². The van der Waals surface area contributed by atoms with Gasteiger partial charge in [-0.2, -0.15) is 0 Å². The molecular formula is C11H20O3. The van der Waals surface area contributed by atoms with Crippen molar-refractivity contribution >= 4 is 12.3 Å². The SMILES string of the molecule is CCCCCC(CC)OC(=O)CC=O. The molecule has 14 heavy (non-hydrogen) atoms. The van der Waals surface area contributed by atoms with Crippen LogP contribution in [0.5, 0.6) is 0 Å². The first-order valence-corrected chi connectivity index (χ1v) is 5.37. The van der Waals surface area contributed by atoms with Gasteiger partial charge in [0.25, 0.3) is 0 Å². The highest BCUT2D eigenvalue weighted by molar-refractivity contribution is 5.83. The summed E-state index contributed by atoms with van der Waals surface area (Å²) in [5.74, 6) is -0.400. The van der Waals surface area contributed by atoms with Gasteiger partial charge in [0.2, 0.25) is 0 Å². The zero-order valence-electron chi connectivity index (χ0n) is 9.12. The van der Waals surface area contributed by atoms with Gasteiger partial charge in [-0.3, -0.25) is 4.79 Å². The lowest BCUT2D eigenvalue weighted by atomic mass is 10.1. The minimum atomic E-state index is -0.400. The second kappa shape index (κ2) is 8.73. The van der Waals surface area contributed by atoms with E-state index in [0.717, 1.165) is 19.3 Å². The molecule has 0 aliphatic carbocycles. The van der Waals surface area contributed by atoms with Crippen LogP contribution in [0.3, 0.4) is 0 Å². The van der Waals surface area contributed by atoms with Crippen LogP contribution in [-0.2, 0) is 14.3 Å². The lowest BCUT2D eigenvalue weighted by Gasteiger charge is -2.14. The summed E-state index contributed by atoms with van der Waals surface area (Å²) in [6, 6.07) is 0. The molecule has 0 radical (unpaired) electrons. The molecule has 1 unspecified atom stereocenters. The summed E-state index contributed by atoms with van der Waals surface area (Å²) in [5, 5.41) is 0. The molecule has 0 saturated carbocycles. The van der Waals surface area contributed by atoms with Crippen molar-refractivity contribution in [2.75, 3.05) is 0 Å². The summed E-state index contributed by atoms with van der Waals surface area (Å²) >= 11 is 0. The minimum Gasteiger partial charge on any atom is -0.462 e. The maximum atomic E-state index is 11.0. The monoisotopic (exact) mass is 200 g/mol. The number of rotatable bonds is 8. The quantitative estimate of drug-likeness (QED) is 0.262. The molecule has 0 fully saturated rings. The first-order valence-electron chi connectivity index (χ1n) is 5.37. The van der Waals surface area contributed by atoms with Gasteiger partial charge in [-0.1, -0.05) is 26.7 Å². The van der Waals surface area contributed by atoms with Crippen LogP contribution in [0.4, 0.5) is 0 Å². The predicted molar refractivity (Wildman–Crippen MR) is 55.0 cm³/mol. The van der Waals surface area contributed by atoms with Crippen molar-refractivity contribution in [1.82, 2.24) is 0 Å². The van der Waals surface area contributed by atoms with Crippen LogP contribution >= 0.6 is 0 Å². The number of hydrogen-bond acceptors (Lipinski definition) is 3. The van der Waals surface area contributed by atoms with Crippen LogP contribution in [0.2, 0.25) is 0 Å². The van der Waals surface area contributed by atoms with E-state index in [4.69, 9.17) is 4.74 Å². The lowest BCUT2D eigenvalue weighted by Crippen LogP contribution is -2.17. The summed E-state index contributed by atoms with van der Waals surface area (Å²) in [6.07, 6.45) is 5.62. The highest BCUT2D eigenvalue weighted by atomic mass is 16.5. The molecule has 3 heteroatoms. The molecule has 0 aromatic heterocycles. The van der Waals surface area contributed by atoms with E-state index >= 15 is 0 Å². The molecule has 0 bridgehead atoms. The molecule has 0 saturated heterocycles. The topological polar surface area (TPSA) is 43.4 Å². The first-order chi connectivity index (χ1) is 6.74. The Kier molecular flexibility index (Phi) is 8.19. The molecular weight excluding hydrogens is 180 g/mol. The summed E-state index contributed by atoms with van der Waals surface area (Å²) in [7, 11) is 0. The third-order valence-electron chi connectivity index (χ3n) is 2.13. The number of hydrogen-bond donors (Lipinski definition) is 0. The van der Waals surface area contributed by atoms with Gasteiger partial charge in [0, 0.05) is 0 Å². The lowest BCUT2D eigenvalue weighted by molar-refractivity contribution is -0.150. The second-order valence-electron chi connectivity index (χ2n) is 3.39. The van der Waals surface area contributed by atoms with Crippen molar-refractivity contribution in [2.24, 2.45) is 0 Å². The molecule has 0 aromatic rings. The number of esters is 1. The van der Waals surface area contributed by atoms with E-state index in [1.54, 1.807) is 0 Å². The fourth-order valence-electron chi connectivity index (χ4n) is 1.27. The van der Waals surface area contributed by atoms with E-state index in [1.165, 1.54) is 12.8 Å². The van der Waals surface area contributed by atoms with Gasteiger partial charge in [0.15, 0.2) is 0 Å². The average molecular weight is 200 g/mol.